The standard InChI is InChI=1S/C31H31ClFNOSSi/c1-31(2,3)37(4,5)35-21-7-6-8-27-28(22-9-13-25(32)14-10-22)29(23-17-19-34-20-18-23)30(36-27)24-11-15-26(33)16-12-24/h9-20H,7,21H2,1-5H3. The second-order valence-corrected chi connectivity index (χ2v) is 16.7. The van der Waals surface area contributed by atoms with Gasteiger partial charge >= 0.3 is 0 Å². The smallest absolute Gasteiger partial charge is 0.192 e. The third-order valence-corrected chi connectivity index (χ3v) is 12.8. The van der Waals surface area contributed by atoms with Crippen LogP contribution in [0.4, 0.5) is 4.39 Å². The van der Waals surface area contributed by atoms with Crippen molar-refractivity contribution in [2.75, 3.05) is 6.61 Å². The van der Waals surface area contributed by atoms with Gasteiger partial charge in [-0.15, -0.1) is 11.3 Å². The molecule has 4 rings (SSSR count). The Morgan fingerprint density at radius 2 is 1.49 bits per heavy atom. The number of hydrogen-bond donors (Lipinski definition) is 0. The molecule has 4 aromatic rings. The highest BCUT2D eigenvalue weighted by molar-refractivity contribution is 7.17. The number of nitrogens with zero attached hydrogens (tertiary/aromatic N) is 1. The molecule has 190 valence electrons. The molecule has 0 aliphatic carbocycles. The van der Waals surface area contributed by atoms with E-state index in [1.165, 1.54) is 12.1 Å². The van der Waals surface area contributed by atoms with Crippen molar-refractivity contribution in [3.8, 4) is 44.5 Å². The Labute approximate surface area is 229 Å². The van der Waals surface area contributed by atoms with Crippen LogP contribution in [0.3, 0.4) is 0 Å². The molecule has 0 unspecified atom stereocenters. The lowest BCUT2D eigenvalue weighted by atomic mass is 9.93. The molecule has 0 fully saturated rings. The fourth-order valence-corrected chi connectivity index (χ4v) is 6.12. The zero-order valence-corrected chi connectivity index (χ0v) is 24.4. The van der Waals surface area contributed by atoms with Crippen molar-refractivity contribution in [3.63, 3.8) is 0 Å². The SMILES string of the molecule is CC(C)(C)[Si](C)(C)OCCC#Cc1sc(-c2ccc(F)cc2)c(-c2ccncc2)c1-c1ccc(Cl)cc1. The molecular formula is C31H31ClFNOSSi. The van der Waals surface area contributed by atoms with Crippen LogP contribution in [0, 0.1) is 17.7 Å². The number of halogens is 2. The van der Waals surface area contributed by atoms with Gasteiger partial charge in [-0.1, -0.05) is 68.5 Å². The van der Waals surface area contributed by atoms with Gasteiger partial charge in [0.2, 0.25) is 0 Å². The van der Waals surface area contributed by atoms with E-state index in [4.69, 9.17) is 16.0 Å². The van der Waals surface area contributed by atoms with Crippen molar-refractivity contribution >= 4 is 31.3 Å². The lowest BCUT2D eigenvalue weighted by Gasteiger charge is -2.35. The fraction of sp³-hybridized carbons (Fsp3) is 0.258. The van der Waals surface area contributed by atoms with Gasteiger partial charge < -0.3 is 4.43 Å². The topological polar surface area (TPSA) is 22.1 Å². The molecule has 0 atom stereocenters. The van der Waals surface area contributed by atoms with E-state index in [9.17, 15) is 4.39 Å². The summed E-state index contributed by atoms with van der Waals surface area (Å²) in [6, 6.07) is 18.5. The molecular weight excluding hydrogens is 517 g/mol. The van der Waals surface area contributed by atoms with Crippen molar-refractivity contribution in [1.82, 2.24) is 4.98 Å². The molecule has 0 amide bonds. The fourth-order valence-electron chi connectivity index (χ4n) is 3.73. The zero-order chi connectivity index (χ0) is 26.6. The van der Waals surface area contributed by atoms with Crippen molar-refractivity contribution in [3.05, 3.63) is 88.8 Å². The molecule has 0 saturated carbocycles. The molecule has 2 aromatic heterocycles. The van der Waals surface area contributed by atoms with Crippen LogP contribution in [0.25, 0.3) is 32.7 Å². The maximum absolute atomic E-state index is 13.8. The highest BCUT2D eigenvalue weighted by atomic mass is 35.5. The Balaban J connectivity index is 1.80. The third-order valence-electron chi connectivity index (χ3n) is 6.81. The molecule has 0 spiro atoms. The van der Waals surface area contributed by atoms with Gasteiger partial charge in [0.15, 0.2) is 8.32 Å². The Morgan fingerprint density at radius 1 is 0.892 bits per heavy atom. The van der Waals surface area contributed by atoms with Crippen molar-refractivity contribution in [2.45, 2.75) is 45.3 Å². The predicted octanol–water partition coefficient (Wildman–Crippen LogP) is 9.70. The second kappa shape index (κ2) is 11.3. The van der Waals surface area contributed by atoms with Crippen LogP contribution < -0.4 is 0 Å². The minimum atomic E-state index is -1.82. The third kappa shape index (κ3) is 6.39. The first kappa shape index (κ1) is 27.3. The lowest BCUT2D eigenvalue weighted by molar-refractivity contribution is 0.296. The summed E-state index contributed by atoms with van der Waals surface area (Å²) >= 11 is 7.84. The number of hydrogen-bond acceptors (Lipinski definition) is 3. The summed E-state index contributed by atoms with van der Waals surface area (Å²) in [6.45, 7) is 11.9. The van der Waals surface area contributed by atoms with Crippen LogP contribution in [-0.4, -0.2) is 19.9 Å². The molecule has 0 N–H and O–H groups in total. The summed E-state index contributed by atoms with van der Waals surface area (Å²) in [5.74, 6) is 6.54. The van der Waals surface area contributed by atoms with Gasteiger partial charge in [-0.05, 0) is 71.2 Å². The van der Waals surface area contributed by atoms with Gasteiger partial charge in [0.25, 0.3) is 0 Å². The van der Waals surface area contributed by atoms with E-state index in [1.807, 2.05) is 48.5 Å². The zero-order valence-electron chi connectivity index (χ0n) is 21.9. The van der Waals surface area contributed by atoms with Gasteiger partial charge in [0, 0.05) is 46.4 Å². The summed E-state index contributed by atoms with van der Waals surface area (Å²) in [5.41, 5.74) is 5.11. The molecule has 0 aliphatic heterocycles. The first-order chi connectivity index (χ1) is 17.6. The van der Waals surface area contributed by atoms with E-state index in [-0.39, 0.29) is 10.9 Å². The number of thiophene rings is 1. The molecule has 2 nitrogen and oxygen atoms in total. The lowest BCUT2D eigenvalue weighted by Crippen LogP contribution is -2.40. The van der Waals surface area contributed by atoms with Gasteiger partial charge in [-0.2, -0.15) is 0 Å². The maximum atomic E-state index is 13.8. The first-order valence-corrected chi connectivity index (χ1v) is 16.4. The maximum Gasteiger partial charge on any atom is 0.192 e. The molecule has 6 heteroatoms. The minimum Gasteiger partial charge on any atom is -0.416 e. The van der Waals surface area contributed by atoms with Crippen LogP contribution in [0.1, 0.15) is 32.1 Å². The summed E-state index contributed by atoms with van der Waals surface area (Å²) in [5, 5.41) is 0.845. The van der Waals surface area contributed by atoms with Crippen LogP contribution in [0.5, 0.6) is 0 Å². The Hall–Kier alpha value is -2.75. The average molecular weight is 548 g/mol. The highest BCUT2D eigenvalue weighted by Gasteiger charge is 2.36. The monoisotopic (exact) mass is 547 g/mol. The minimum absolute atomic E-state index is 0.166. The largest absolute Gasteiger partial charge is 0.416 e. The van der Waals surface area contributed by atoms with Gasteiger partial charge in [0.1, 0.15) is 5.82 Å². The molecule has 37 heavy (non-hydrogen) atoms. The summed E-state index contributed by atoms with van der Waals surface area (Å²) < 4.78 is 20.1. The van der Waals surface area contributed by atoms with Crippen molar-refractivity contribution in [2.24, 2.45) is 0 Å². The molecule has 0 radical (unpaired) electrons. The number of pyridine rings is 1. The molecule has 0 aliphatic rings. The van der Waals surface area contributed by atoms with E-state index >= 15 is 0 Å². The summed E-state index contributed by atoms with van der Waals surface area (Å²) in [4.78, 5) is 6.21. The Kier molecular flexibility index (Phi) is 8.35. The van der Waals surface area contributed by atoms with Crippen LogP contribution in [-0.2, 0) is 4.43 Å². The molecule has 0 saturated heterocycles. The van der Waals surface area contributed by atoms with E-state index < -0.39 is 8.32 Å². The van der Waals surface area contributed by atoms with Crippen LogP contribution in [0.2, 0.25) is 23.2 Å². The van der Waals surface area contributed by atoms with Gasteiger partial charge in [-0.25, -0.2) is 4.39 Å². The first-order valence-electron chi connectivity index (χ1n) is 12.3. The summed E-state index contributed by atoms with van der Waals surface area (Å²) in [7, 11) is -1.82. The Morgan fingerprint density at radius 3 is 2.11 bits per heavy atom. The van der Waals surface area contributed by atoms with Crippen LogP contribution >= 0.6 is 22.9 Å². The molecule has 0 bridgehead atoms. The van der Waals surface area contributed by atoms with E-state index in [0.29, 0.717) is 18.1 Å². The molecule has 2 heterocycles. The van der Waals surface area contributed by atoms with Gasteiger partial charge in [-0.3, -0.25) is 4.98 Å². The van der Waals surface area contributed by atoms with Crippen molar-refractivity contribution < 1.29 is 8.82 Å². The number of aromatic nitrogens is 1. The Bertz CT molecular complexity index is 1410. The van der Waals surface area contributed by atoms with E-state index in [0.717, 1.165) is 37.6 Å². The van der Waals surface area contributed by atoms with Crippen LogP contribution in [0.15, 0.2) is 73.1 Å². The number of benzene rings is 2. The molecule has 2 aromatic carbocycles. The average Bonchev–Trinajstić information content (AvgIpc) is 3.24. The van der Waals surface area contributed by atoms with E-state index in [2.05, 4.69) is 50.7 Å². The summed E-state index contributed by atoms with van der Waals surface area (Å²) in [6.07, 6.45) is 4.23. The highest BCUT2D eigenvalue weighted by Crippen LogP contribution is 2.48. The quantitative estimate of drug-likeness (QED) is 0.136. The van der Waals surface area contributed by atoms with Gasteiger partial charge in [0.05, 0.1) is 4.88 Å². The van der Waals surface area contributed by atoms with Crippen molar-refractivity contribution in [1.29, 1.82) is 0 Å². The normalized spacial score (nSPS) is 11.8. The predicted molar refractivity (Wildman–Crippen MR) is 158 cm³/mol. The van der Waals surface area contributed by atoms with E-state index in [1.54, 1.807) is 23.7 Å². The number of rotatable bonds is 6. The second-order valence-electron chi connectivity index (χ2n) is 10.4.